The number of methoxy groups -OCH3 is 1. The fourth-order valence-corrected chi connectivity index (χ4v) is 2.77. The monoisotopic (exact) mass is 248 g/mol. The van der Waals surface area contributed by atoms with E-state index in [0.717, 1.165) is 19.5 Å². The van der Waals surface area contributed by atoms with Gasteiger partial charge in [-0.2, -0.15) is 0 Å². The molecule has 3 rings (SSSR count). The maximum Gasteiger partial charge on any atom is 0.226 e. The number of rotatable bonds is 2. The van der Waals surface area contributed by atoms with Crippen molar-refractivity contribution in [3.63, 3.8) is 0 Å². The number of nitrogens with zero attached hydrogens (tertiary/aromatic N) is 2. The Kier molecular flexibility index (Phi) is 2.90. The standard InChI is InChI=1S/C14H20N2O2/c1-10-6-13(10)14(17)16-7-11-4-3-5-15(11)8-12(9-16)18-2/h3-5,10,12-13H,6-9H2,1-2H3. The van der Waals surface area contributed by atoms with Crippen LogP contribution in [-0.4, -0.2) is 35.1 Å². The summed E-state index contributed by atoms with van der Waals surface area (Å²) in [5.74, 6) is 1.12. The van der Waals surface area contributed by atoms with Crippen LogP contribution in [0.2, 0.25) is 0 Å². The second-order valence-electron chi connectivity index (χ2n) is 5.55. The number of hydrogen-bond acceptors (Lipinski definition) is 2. The number of fused-ring (bicyclic) bond motifs is 1. The lowest BCUT2D eigenvalue weighted by molar-refractivity contribution is -0.135. The normalized spacial score (nSPS) is 30.8. The van der Waals surface area contributed by atoms with E-state index in [2.05, 4.69) is 23.8 Å². The largest absolute Gasteiger partial charge is 0.378 e. The minimum atomic E-state index is 0.0941. The van der Waals surface area contributed by atoms with Gasteiger partial charge in [0.05, 0.1) is 19.2 Å². The first-order valence-electron chi connectivity index (χ1n) is 6.64. The SMILES string of the molecule is COC1CN(C(=O)C2CC2C)Cc2cccn2C1. The number of amides is 1. The molecule has 0 bridgehead atoms. The molecular weight excluding hydrogens is 228 g/mol. The summed E-state index contributed by atoms with van der Waals surface area (Å²) in [6.45, 7) is 4.41. The Balaban J connectivity index is 1.80. The molecule has 0 spiro atoms. The van der Waals surface area contributed by atoms with Gasteiger partial charge in [-0.15, -0.1) is 0 Å². The van der Waals surface area contributed by atoms with Crippen LogP contribution >= 0.6 is 0 Å². The zero-order chi connectivity index (χ0) is 12.7. The summed E-state index contributed by atoms with van der Waals surface area (Å²) in [5, 5.41) is 0. The molecule has 1 aromatic heterocycles. The zero-order valence-electron chi connectivity index (χ0n) is 11.0. The van der Waals surface area contributed by atoms with E-state index in [0.29, 0.717) is 18.4 Å². The highest BCUT2D eigenvalue weighted by Crippen LogP contribution is 2.39. The number of carbonyl (C=O) groups excluding carboxylic acids is 1. The van der Waals surface area contributed by atoms with E-state index >= 15 is 0 Å². The van der Waals surface area contributed by atoms with E-state index in [4.69, 9.17) is 4.74 Å². The van der Waals surface area contributed by atoms with Gasteiger partial charge in [0.1, 0.15) is 0 Å². The van der Waals surface area contributed by atoms with Gasteiger partial charge in [-0.3, -0.25) is 4.79 Å². The predicted octanol–water partition coefficient (Wildman–Crippen LogP) is 1.50. The number of hydrogen-bond donors (Lipinski definition) is 0. The summed E-state index contributed by atoms with van der Waals surface area (Å²) in [7, 11) is 1.72. The first-order chi connectivity index (χ1) is 8.69. The summed E-state index contributed by atoms with van der Waals surface area (Å²) in [4.78, 5) is 14.4. The van der Waals surface area contributed by atoms with Crippen molar-refractivity contribution in [1.82, 2.24) is 9.47 Å². The van der Waals surface area contributed by atoms with E-state index in [1.165, 1.54) is 5.69 Å². The average molecular weight is 248 g/mol. The van der Waals surface area contributed by atoms with Crippen molar-refractivity contribution in [2.24, 2.45) is 11.8 Å². The summed E-state index contributed by atoms with van der Waals surface area (Å²) < 4.78 is 7.68. The lowest BCUT2D eigenvalue weighted by atomic mass is 10.2. The fraction of sp³-hybridized carbons (Fsp3) is 0.643. The Hall–Kier alpha value is -1.29. The van der Waals surface area contributed by atoms with E-state index in [1.807, 2.05) is 11.0 Å². The second-order valence-corrected chi connectivity index (χ2v) is 5.55. The smallest absolute Gasteiger partial charge is 0.226 e. The van der Waals surface area contributed by atoms with Crippen molar-refractivity contribution in [3.8, 4) is 0 Å². The van der Waals surface area contributed by atoms with Crippen LogP contribution in [0.4, 0.5) is 0 Å². The first kappa shape index (κ1) is 11.8. The van der Waals surface area contributed by atoms with Gasteiger partial charge in [0.15, 0.2) is 0 Å². The van der Waals surface area contributed by atoms with Crippen molar-refractivity contribution in [3.05, 3.63) is 24.0 Å². The summed E-state index contributed by atoms with van der Waals surface area (Å²) in [6, 6.07) is 4.13. The molecule has 0 saturated heterocycles. The quantitative estimate of drug-likeness (QED) is 0.795. The molecule has 1 saturated carbocycles. The van der Waals surface area contributed by atoms with Crippen LogP contribution in [0.5, 0.6) is 0 Å². The molecule has 2 heterocycles. The van der Waals surface area contributed by atoms with Crippen molar-refractivity contribution in [2.75, 3.05) is 13.7 Å². The Labute approximate surface area is 108 Å². The minimum Gasteiger partial charge on any atom is -0.378 e. The molecule has 3 atom stereocenters. The van der Waals surface area contributed by atoms with Gasteiger partial charge in [-0.25, -0.2) is 0 Å². The van der Waals surface area contributed by atoms with Crippen molar-refractivity contribution in [1.29, 1.82) is 0 Å². The van der Waals surface area contributed by atoms with Crippen LogP contribution in [0.1, 0.15) is 19.0 Å². The fourth-order valence-electron chi connectivity index (χ4n) is 2.77. The van der Waals surface area contributed by atoms with Gasteiger partial charge in [0.25, 0.3) is 0 Å². The third-order valence-corrected chi connectivity index (χ3v) is 4.17. The van der Waals surface area contributed by atoms with E-state index in [-0.39, 0.29) is 12.0 Å². The molecule has 1 amide bonds. The molecule has 3 unspecified atom stereocenters. The van der Waals surface area contributed by atoms with E-state index in [1.54, 1.807) is 7.11 Å². The van der Waals surface area contributed by atoms with Crippen LogP contribution in [-0.2, 0) is 22.6 Å². The van der Waals surface area contributed by atoms with Gasteiger partial charge >= 0.3 is 0 Å². The molecule has 1 aliphatic heterocycles. The Bertz CT molecular complexity index is 454. The lowest BCUT2D eigenvalue weighted by Gasteiger charge is -2.23. The van der Waals surface area contributed by atoms with Crippen LogP contribution in [0, 0.1) is 11.8 Å². The molecule has 4 heteroatoms. The van der Waals surface area contributed by atoms with E-state index in [9.17, 15) is 4.79 Å². The molecule has 2 aliphatic rings. The predicted molar refractivity (Wildman–Crippen MR) is 67.9 cm³/mol. The third kappa shape index (κ3) is 2.05. The highest BCUT2D eigenvalue weighted by atomic mass is 16.5. The molecule has 0 aromatic carbocycles. The second kappa shape index (κ2) is 4.43. The van der Waals surface area contributed by atoms with Gasteiger partial charge in [0, 0.05) is 31.5 Å². The Morgan fingerprint density at radius 3 is 2.89 bits per heavy atom. The summed E-state index contributed by atoms with van der Waals surface area (Å²) >= 11 is 0. The van der Waals surface area contributed by atoms with Gasteiger partial charge in [0.2, 0.25) is 5.91 Å². The Morgan fingerprint density at radius 2 is 2.22 bits per heavy atom. The molecule has 4 nitrogen and oxygen atoms in total. The minimum absolute atomic E-state index is 0.0941. The average Bonchev–Trinajstić information content (AvgIpc) is 3.00. The Morgan fingerprint density at radius 1 is 1.44 bits per heavy atom. The number of aromatic nitrogens is 1. The van der Waals surface area contributed by atoms with Gasteiger partial charge < -0.3 is 14.2 Å². The maximum atomic E-state index is 12.4. The van der Waals surface area contributed by atoms with Gasteiger partial charge in [-0.1, -0.05) is 6.92 Å². The molecule has 1 fully saturated rings. The third-order valence-electron chi connectivity index (χ3n) is 4.17. The molecule has 0 N–H and O–H groups in total. The number of ether oxygens (including phenoxy) is 1. The number of carbonyl (C=O) groups is 1. The highest BCUT2D eigenvalue weighted by molar-refractivity contribution is 5.81. The molecule has 0 radical (unpaired) electrons. The van der Waals surface area contributed by atoms with Gasteiger partial charge in [-0.05, 0) is 24.5 Å². The summed E-state index contributed by atoms with van der Waals surface area (Å²) in [5.41, 5.74) is 1.20. The van der Waals surface area contributed by atoms with Crippen molar-refractivity contribution in [2.45, 2.75) is 32.5 Å². The van der Waals surface area contributed by atoms with Crippen molar-refractivity contribution >= 4 is 5.91 Å². The molecule has 1 aliphatic carbocycles. The van der Waals surface area contributed by atoms with Crippen LogP contribution < -0.4 is 0 Å². The van der Waals surface area contributed by atoms with Crippen LogP contribution in [0.25, 0.3) is 0 Å². The van der Waals surface area contributed by atoms with Crippen LogP contribution in [0.3, 0.4) is 0 Å². The molecular formula is C14H20N2O2. The molecule has 98 valence electrons. The maximum absolute atomic E-state index is 12.4. The first-order valence-corrected chi connectivity index (χ1v) is 6.64. The van der Waals surface area contributed by atoms with Crippen LogP contribution in [0.15, 0.2) is 18.3 Å². The highest BCUT2D eigenvalue weighted by Gasteiger charge is 2.42. The lowest BCUT2D eigenvalue weighted by Crippen LogP contribution is -2.38. The zero-order valence-corrected chi connectivity index (χ0v) is 11.0. The van der Waals surface area contributed by atoms with Crippen molar-refractivity contribution < 1.29 is 9.53 Å². The topological polar surface area (TPSA) is 34.5 Å². The summed E-state index contributed by atoms with van der Waals surface area (Å²) in [6.07, 6.45) is 3.21. The molecule has 1 aromatic rings. The molecule has 18 heavy (non-hydrogen) atoms. The van der Waals surface area contributed by atoms with E-state index < -0.39 is 0 Å².